The van der Waals surface area contributed by atoms with E-state index in [0.717, 1.165) is 12.0 Å². The first-order chi connectivity index (χ1) is 5.11. The van der Waals surface area contributed by atoms with Crippen LogP contribution in [0, 0.1) is 5.92 Å². The van der Waals surface area contributed by atoms with Crippen molar-refractivity contribution in [1.82, 2.24) is 0 Å². The molecule has 1 fully saturated rings. The van der Waals surface area contributed by atoms with E-state index in [-0.39, 0.29) is 5.70 Å². The number of carboxylic acids is 1. The van der Waals surface area contributed by atoms with Gasteiger partial charge in [-0.25, -0.2) is 4.79 Å². The molecule has 3 N–H and O–H groups in total. The summed E-state index contributed by atoms with van der Waals surface area (Å²) in [6.45, 7) is 1.79. The van der Waals surface area contributed by atoms with Crippen LogP contribution in [0.25, 0.3) is 0 Å². The Labute approximate surface area is 65.9 Å². The third-order valence-electron chi connectivity index (χ3n) is 1.98. The monoisotopic (exact) mass is 155 g/mol. The van der Waals surface area contributed by atoms with Crippen LogP contribution < -0.4 is 5.73 Å². The third-order valence-corrected chi connectivity index (χ3v) is 1.98. The van der Waals surface area contributed by atoms with Crippen LogP contribution in [0.5, 0.6) is 0 Å². The summed E-state index contributed by atoms with van der Waals surface area (Å²) in [6, 6.07) is 0. The summed E-state index contributed by atoms with van der Waals surface area (Å²) < 4.78 is 0. The Morgan fingerprint density at radius 2 is 2.18 bits per heavy atom. The molecule has 0 unspecified atom stereocenters. The summed E-state index contributed by atoms with van der Waals surface area (Å²) >= 11 is 0. The fourth-order valence-corrected chi connectivity index (χ4v) is 1.05. The van der Waals surface area contributed by atoms with E-state index in [4.69, 9.17) is 10.8 Å². The molecular weight excluding hydrogens is 142 g/mol. The molecule has 0 radical (unpaired) electrons. The highest BCUT2D eigenvalue weighted by Gasteiger charge is 2.22. The van der Waals surface area contributed by atoms with Crippen molar-refractivity contribution < 1.29 is 9.90 Å². The highest BCUT2D eigenvalue weighted by atomic mass is 16.4. The molecule has 0 aromatic rings. The lowest BCUT2D eigenvalue weighted by molar-refractivity contribution is -0.132. The summed E-state index contributed by atoms with van der Waals surface area (Å²) in [6.07, 6.45) is 3.31. The molecule has 1 saturated carbocycles. The van der Waals surface area contributed by atoms with Crippen LogP contribution in [-0.4, -0.2) is 11.1 Å². The third kappa shape index (κ3) is 2.26. The number of allylic oxidation sites excluding steroid dienone is 1. The van der Waals surface area contributed by atoms with Gasteiger partial charge in [-0.1, -0.05) is 0 Å². The number of rotatable bonds is 3. The summed E-state index contributed by atoms with van der Waals surface area (Å²) in [5.41, 5.74) is 6.16. The van der Waals surface area contributed by atoms with E-state index in [1.54, 1.807) is 6.92 Å². The smallest absolute Gasteiger partial charge is 0.351 e. The molecule has 0 bridgehead atoms. The topological polar surface area (TPSA) is 63.3 Å². The van der Waals surface area contributed by atoms with Crippen molar-refractivity contribution in [2.75, 3.05) is 0 Å². The molecule has 0 aromatic carbocycles. The predicted molar refractivity (Wildman–Crippen MR) is 41.9 cm³/mol. The van der Waals surface area contributed by atoms with Crippen LogP contribution in [0.3, 0.4) is 0 Å². The average molecular weight is 155 g/mol. The van der Waals surface area contributed by atoms with E-state index in [2.05, 4.69) is 0 Å². The van der Waals surface area contributed by atoms with Crippen LogP contribution >= 0.6 is 0 Å². The molecule has 0 aromatic heterocycles. The first-order valence-electron chi connectivity index (χ1n) is 3.79. The van der Waals surface area contributed by atoms with Gasteiger partial charge in [-0.2, -0.15) is 0 Å². The molecule has 3 nitrogen and oxygen atoms in total. The lowest BCUT2D eigenvalue weighted by Crippen LogP contribution is -2.12. The molecule has 11 heavy (non-hydrogen) atoms. The highest BCUT2D eigenvalue weighted by molar-refractivity contribution is 5.86. The maximum absolute atomic E-state index is 10.4. The molecule has 1 rings (SSSR count). The van der Waals surface area contributed by atoms with Gasteiger partial charge in [-0.15, -0.1) is 0 Å². The molecular formula is C8H13NO2. The first kappa shape index (κ1) is 8.11. The van der Waals surface area contributed by atoms with Crippen LogP contribution in [0.4, 0.5) is 0 Å². The minimum Gasteiger partial charge on any atom is -0.477 e. The zero-order chi connectivity index (χ0) is 8.43. The van der Waals surface area contributed by atoms with Gasteiger partial charge in [-0.3, -0.25) is 0 Å². The van der Waals surface area contributed by atoms with Gasteiger partial charge in [0.2, 0.25) is 0 Å². The number of nitrogens with two attached hydrogens (primary N) is 1. The van der Waals surface area contributed by atoms with E-state index >= 15 is 0 Å². The van der Waals surface area contributed by atoms with E-state index in [0.29, 0.717) is 5.92 Å². The van der Waals surface area contributed by atoms with Crippen molar-refractivity contribution in [2.45, 2.75) is 26.2 Å². The molecule has 0 aliphatic heterocycles. The largest absolute Gasteiger partial charge is 0.477 e. The lowest BCUT2D eigenvalue weighted by atomic mass is 10.1. The SMILES string of the molecule is CC(CC1CC1)=C(N)C(=O)O. The number of hydrogen-bond acceptors (Lipinski definition) is 2. The van der Waals surface area contributed by atoms with Crippen molar-refractivity contribution in [3.05, 3.63) is 11.3 Å². The second-order valence-electron chi connectivity index (χ2n) is 3.15. The van der Waals surface area contributed by atoms with E-state index < -0.39 is 5.97 Å². The van der Waals surface area contributed by atoms with Gasteiger partial charge in [-0.05, 0) is 37.7 Å². The molecule has 0 atom stereocenters. The van der Waals surface area contributed by atoms with Crippen LogP contribution in [0.15, 0.2) is 11.3 Å². The minimum absolute atomic E-state index is 0.0249. The van der Waals surface area contributed by atoms with Gasteiger partial charge in [0.25, 0.3) is 0 Å². The highest BCUT2D eigenvalue weighted by Crippen LogP contribution is 2.35. The average Bonchev–Trinajstić information content (AvgIpc) is 2.69. The van der Waals surface area contributed by atoms with Gasteiger partial charge in [0.1, 0.15) is 5.70 Å². The molecule has 0 heterocycles. The maximum Gasteiger partial charge on any atom is 0.351 e. The van der Waals surface area contributed by atoms with Gasteiger partial charge in [0.05, 0.1) is 0 Å². The Morgan fingerprint density at radius 3 is 2.55 bits per heavy atom. The fraction of sp³-hybridized carbons (Fsp3) is 0.625. The second kappa shape index (κ2) is 2.95. The Kier molecular flexibility index (Phi) is 2.17. The van der Waals surface area contributed by atoms with E-state index in [1.807, 2.05) is 0 Å². The minimum atomic E-state index is -0.997. The number of hydrogen-bond donors (Lipinski definition) is 2. The van der Waals surface area contributed by atoms with Crippen molar-refractivity contribution in [3.8, 4) is 0 Å². The Bertz CT molecular complexity index is 204. The molecule has 0 amide bonds. The fourth-order valence-electron chi connectivity index (χ4n) is 1.05. The number of aliphatic carboxylic acids is 1. The van der Waals surface area contributed by atoms with Crippen molar-refractivity contribution in [1.29, 1.82) is 0 Å². The number of carboxylic acid groups (broad SMARTS) is 1. The van der Waals surface area contributed by atoms with Gasteiger partial charge in [0, 0.05) is 0 Å². The molecule has 3 heteroatoms. The second-order valence-corrected chi connectivity index (χ2v) is 3.15. The van der Waals surface area contributed by atoms with E-state index in [1.165, 1.54) is 12.8 Å². The molecule has 62 valence electrons. The molecule has 0 saturated heterocycles. The zero-order valence-electron chi connectivity index (χ0n) is 6.63. The standard InChI is InChI=1S/C8H13NO2/c1-5(4-6-2-3-6)7(9)8(10)11/h6H,2-4,9H2,1H3,(H,10,11). The predicted octanol–water partition coefficient (Wildman–Crippen LogP) is 1.10. The Hall–Kier alpha value is -0.990. The van der Waals surface area contributed by atoms with Crippen LogP contribution in [-0.2, 0) is 4.79 Å². The number of carbonyl (C=O) groups is 1. The Balaban J connectivity index is 2.52. The quantitative estimate of drug-likeness (QED) is 0.600. The summed E-state index contributed by atoms with van der Waals surface area (Å²) in [5.74, 6) is -0.295. The van der Waals surface area contributed by atoms with Gasteiger partial charge < -0.3 is 10.8 Å². The molecule has 0 spiro atoms. The van der Waals surface area contributed by atoms with Crippen molar-refractivity contribution >= 4 is 5.97 Å². The Morgan fingerprint density at radius 1 is 1.64 bits per heavy atom. The zero-order valence-corrected chi connectivity index (χ0v) is 6.63. The molecule has 1 aliphatic rings. The van der Waals surface area contributed by atoms with Crippen LogP contribution in [0.1, 0.15) is 26.2 Å². The lowest BCUT2D eigenvalue weighted by Gasteiger charge is -2.01. The molecule has 1 aliphatic carbocycles. The summed E-state index contributed by atoms with van der Waals surface area (Å²) in [4.78, 5) is 10.4. The summed E-state index contributed by atoms with van der Waals surface area (Å²) in [5, 5.41) is 8.50. The van der Waals surface area contributed by atoms with Gasteiger partial charge >= 0.3 is 5.97 Å². The first-order valence-corrected chi connectivity index (χ1v) is 3.79. The van der Waals surface area contributed by atoms with E-state index in [9.17, 15) is 4.79 Å². The van der Waals surface area contributed by atoms with Crippen LogP contribution in [0.2, 0.25) is 0 Å². The maximum atomic E-state index is 10.4. The normalized spacial score (nSPS) is 19.4. The van der Waals surface area contributed by atoms with Gasteiger partial charge in [0.15, 0.2) is 0 Å². The summed E-state index contributed by atoms with van der Waals surface area (Å²) in [7, 11) is 0. The van der Waals surface area contributed by atoms with Crippen molar-refractivity contribution in [3.63, 3.8) is 0 Å². The van der Waals surface area contributed by atoms with Crippen molar-refractivity contribution in [2.24, 2.45) is 11.7 Å².